The molecule has 2 heterocycles. The molecule has 1 unspecified atom stereocenters. The first-order chi connectivity index (χ1) is 8.11. The molecule has 1 amide bonds. The summed E-state index contributed by atoms with van der Waals surface area (Å²) in [5.74, 6) is -0.891. The Kier molecular flexibility index (Phi) is 3.51. The third-order valence-corrected chi connectivity index (χ3v) is 3.43. The van der Waals surface area contributed by atoms with Crippen molar-refractivity contribution in [1.82, 2.24) is 10.2 Å². The highest BCUT2D eigenvalue weighted by Crippen LogP contribution is 2.29. The summed E-state index contributed by atoms with van der Waals surface area (Å²) in [5, 5.41) is 11.8. The van der Waals surface area contributed by atoms with Gasteiger partial charge in [-0.3, -0.25) is 4.79 Å². The van der Waals surface area contributed by atoms with Gasteiger partial charge in [0.15, 0.2) is 0 Å². The minimum atomic E-state index is -0.891. The smallest absolute Gasteiger partial charge is 0.410 e. The number of carboxylic acid groups (broad SMARTS) is 1. The van der Waals surface area contributed by atoms with Crippen LogP contribution in [0.2, 0.25) is 0 Å². The number of carbonyl (C=O) groups is 2. The quantitative estimate of drug-likeness (QED) is 0.750. The van der Waals surface area contributed by atoms with Gasteiger partial charge in [-0.2, -0.15) is 0 Å². The summed E-state index contributed by atoms with van der Waals surface area (Å²) in [4.78, 5) is 23.7. The summed E-state index contributed by atoms with van der Waals surface area (Å²) in [6.45, 7) is 2.51. The minimum Gasteiger partial charge on any atom is -0.481 e. The number of rotatable bonds is 3. The molecule has 0 bridgehead atoms. The predicted molar refractivity (Wildman–Crippen MR) is 59.8 cm³/mol. The third-order valence-electron chi connectivity index (χ3n) is 3.43. The van der Waals surface area contributed by atoms with E-state index in [0.717, 1.165) is 25.8 Å². The number of nitrogens with zero attached hydrogens (tertiary/aromatic N) is 1. The molecule has 2 saturated heterocycles. The lowest BCUT2D eigenvalue weighted by molar-refractivity contribution is -0.137. The van der Waals surface area contributed by atoms with E-state index in [0.29, 0.717) is 13.1 Å². The number of hydrogen-bond donors (Lipinski definition) is 2. The standard InChI is InChI=1S/C11H18N2O4/c14-9(15)2-6-13-7-4-11(17-10(13)16)3-1-5-12-8-11/h12H,1-8H2,(H,14,15). The van der Waals surface area contributed by atoms with Crippen molar-refractivity contribution in [3.05, 3.63) is 0 Å². The fraction of sp³-hybridized carbons (Fsp3) is 0.818. The van der Waals surface area contributed by atoms with Crippen molar-refractivity contribution < 1.29 is 19.4 Å². The maximum absolute atomic E-state index is 11.8. The molecule has 96 valence electrons. The fourth-order valence-electron chi connectivity index (χ4n) is 2.41. The van der Waals surface area contributed by atoms with Gasteiger partial charge >= 0.3 is 12.1 Å². The van der Waals surface area contributed by atoms with Crippen molar-refractivity contribution in [3.63, 3.8) is 0 Å². The molecular formula is C11H18N2O4. The predicted octanol–water partition coefficient (Wildman–Crippen LogP) is 0.426. The van der Waals surface area contributed by atoms with Crippen LogP contribution in [0.25, 0.3) is 0 Å². The Labute approximate surface area is 99.9 Å². The lowest BCUT2D eigenvalue weighted by Gasteiger charge is -2.43. The average Bonchev–Trinajstić information content (AvgIpc) is 2.29. The SMILES string of the molecule is O=C(O)CCN1CCC2(CCCNC2)OC1=O. The zero-order chi connectivity index (χ0) is 12.3. The number of aliphatic carboxylic acids is 1. The molecule has 0 aromatic heterocycles. The van der Waals surface area contributed by atoms with E-state index in [1.54, 1.807) is 0 Å². The number of carboxylic acids is 1. The lowest BCUT2D eigenvalue weighted by atomic mass is 9.89. The number of ether oxygens (including phenoxy) is 1. The summed E-state index contributed by atoms with van der Waals surface area (Å²) in [6.07, 6.45) is 2.30. The zero-order valence-corrected chi connectivity index (χ0v) is 9.78. The molecule has 0 aliphatic carbocycles. The highest BCUT2D eigenvalue weighted by Gasteiger charge is 2.41. The van der Waals surface area contributed by atoms with Crippen molar-refractivity contribution >= 4 is 12.1 Å². The topological polar surface area (TPSA) is 78.9 Å². The molecule has 0 aromatic carbocycles. The summed E-state index contributed by atoms with van der Waals surface area (Å²) in [7, 11) is 0. The van der Waals surface area contributed by atoms with Gasteiger partial charge in [-0.15, -0.1) is 0 Å². The molecule has 1 spiro atoms. The Morgan fingerprint density at radius 3 is 2.94 bits per heavy atom. The molecule has 0 saturated carbocycles. The van der Waals surface area contributed by atoms with E-state index < -0.39 is 5.97 Å². The Hall–Kier alpha value is -1.30. The van der Waals surface area contributed by atoms with Crippen LogP contribution in [0.1, 0.15) is 25.7 Å². The Morgan fingerprint density at radius 2 is 2.35 bits per heavy atom. The summed E-state index contributed by atoms with van der Waals surface area (Å²) >= 11 is 0. The second kappa shape index (κ2) is 4.91. The number of amides is 1. The van der Waals surface area contributed by atoms with Crippen LogP contribution < -0.4 is 5.32 Å². The zero-order valence-electron chi connectivity index (χ0n) is 9.78. The molecule has 0 aromatic rings. The van der Waals surface area contributed by atoms with E-state index in [1.165, 1.54) is 4.90 Å². The minimum absolute atomic E-state index is 0.0274. The second-order valence-corrected chi connectivity index (χ2v) is 4.71. The van der Waals surface area contributed by atoms with Gasteiger partial charge in [0, 0.05) is 26.1 Å². The van der Waals surface area contributed by atoms with Gasteiger partial charge in [0.1, 0.15) is 5.60 Å². The second-order valence-electron chi connectivity index (χ2n) is 4.71. The van der Waals surface area contributed by atoms with Crippen molar-refractivity contribution in [2.75, 3.05) is 26.2 Å². The fourth-order valence-corrected chi connectivity index (χ4v) is 2.41. The van der Waals surface area contributed by atoms with Gasteiger partial charge in [0.25, 0.3) is 0 Å². The first kappa shape index (κ1) is 12.2. The summed E-state index contributed by atoms with van der Waals surface area (Å²) < 4.78 is 5.49. The monoisotopic (exact) mass is 242 g/mol. The largest absolute Gasteiger partial charge is 0.481 e. The van der Waals surface area contributed by atoms with Crippen molar-refractivity contribution in [1.29, 1.82) is 0 Å². The van der Waals surface area contributed by atoms with Crippen LogP contribution in [0.3, 0.4) is 0 Å². The molecule has 2 aliphatic rings. The average molecular weight is 242 g/mol. The van der Waals surface area contributed by atoms with Crippen molar-refractivity contribution in [2.45, 2.75) is 31.3 Å². The first-order valence-corrected chi connectivity index (χ1v) is 6.02. The van der Waals surface area contributed by atoms with E-state index in [1.807, 2.05) is 0 Å². The van der Waals surface area contributed by atoms with Crippen LogP contribution in [0.15, 0.2) is 0 Å². The molecule has 2 N–H and O–H groups in total. The van der Waals surface area contributed by atoms with Crippen LogP contribution in [0, 0.1) is 0 Å². The van der Waals surface area contributed by atoms with Crippen LogP contribution in [-0.2, 0) is 9.53 Å². The Morgan fingerprint density at radius 1 is 1.53 bits per heavy atom. The summed E-state index contributed by atoms with van der Waals surface area (Å²) in [5.41, 5.74) is -0.352. The molecule has 0 radical (unpaired) electrons. The van der Waals surface area contributed by atoms with E-state index in [9.17, 15) is 9.59 Å². The Balaban J connectivity index is 1.88. The van der Waals surface area contributed by atoms with E-state index in [-0.39, 0.29) is 24.7 Å². The van der Waals surface area contributed by atoms with Gasteiger partial charge in [-0.05, 0) is 19.4 Å². The Bertz CT molecular complexity index is 313. The number of piperidine rings is 1. The lowest BCUT2D eigenvalue weighted by Crippen LogP contribution is -2.56. The van der Waals surface area contributed by atoms with Gasteiger partial charge in [0.2, 0.25) is 0 Å². The van der Waals surface area contributed by atoms with Crippen molar-refractivity contribution in [3.8, 4) is 0 Å². The maximum atomic E-state index is 11.8. The van der Waals surface area contributed by atoms with Crippen LogP contribution >= 0.6 is 0 Å². The van der Waals surface area contributed by atoms with Crippen molar-refractivity contribution in [2.24, 2.45) is 0 Å². The van der Waals surface area contributed by atoms with Crippen LogP contribution in [0.4, 0.5) is 4.79 Å². The first-order valence-electron chi connectivity index (χ1n) is 6.02. The number of hydrogen-bond acceptors (Lipinski definition) is 4. The van der Waals surface area contributed by atoms with Gasteiger partial charge in [0.05, 0.1) is 6.42 Å². The highest BCUT2D eigenvalue weighted by atomic mass is 16.6. The van der Waals surface area contributed by atoms with Gasteiger partial charge in [-0.25, -0.2) is 4.79 Å². The molecular weight excluding hydrogens is 224 g/mol. The molecule has 2 aliphatic heterocycles. The highest BCUT2D eigenvalue weighted by molar-refractivity contribution is 5.71. The third kappa shape index (κ3) is 2.88. The van der Waals surface area contributed by atoms with Gasteiger partial charge in [-0.1, -0.05) is 0 Å². The molecule has 6 heteroatoms. The molecule has 17 heavy (non-hydrogen) atoms. The van der Waals surface area contributed by atoms with E-state index >= 15 is 0 Å². The molecule has 2 fully saturated rings. The van der Waals surface area contributed by atoms with E-state index in [4.69, 9.17) is 9.84 Å². The van der Waals surface area contributed by atoms with Crippen LogP contribution in [-0.4, -0.2) is 53.8 Å². The normalized spacial score (nSPS) is 29.2. The molecule has 2 rings (SSSR count). The van der Waals surface area contributed by atoms with Gasteiger partial charge < -0.3 is 20.1 Å². The summed E-state index contributed by atoms with van der Waals surface area (Å²) in [6, 6.07) is 0. The van der Waals surface area contributed by atoms with E-state index in [2.05, 4.69) is 5.32 Å². The molecule has 6 nitrogen and oxygen atoms in total. The maximum Gasteiger partial charge on any atom is 0.410 e. The number of nitrogens with one attached hydrogen (secondary N) is 1. The van der Waals surface area contributed by atoms with Crippen LogP contribution in [0.5, 0.6) is 0 Å². The number of carbonyl (C=O) groups excluding carboxylic acids is 1. The molecule has 1 atom stereocenters.